The summed E-state index contributed by atoms with van der Waals surface area (Å²) < 4.78 is 4.82. The number of ether oxygens (including phenoxy) is 1. The summed E-state index contributed by atoms with van der Waals surface area (Å²) in [6.45, 7) is 3.17. The molecule has 0 aliphatic rings. The predicted octanol–water partition coefficient (Wildman–Crippen LogP) is -7.01. The van der Waals surface area contributed by atoms with Gasteiger partial charge in [0.05, 0.1) is 23.6 Å². The first-order chi connectivity index (χ1) is 8.34. The zero-order valence-electron chi connectivity index (χ0n) is 11.8. The molecule has 0 N–H and O–H groups in total. The minimum Gasteiger partial charge on any atom is -0.545 e. The van der Waals surface area contributed by atoms with Crippen molar-refractivity contribution in [3.63, 3.8) is 0 Å². The normalized spacial score (nSPS) is 9.15. The molecule has 0 amide bonds. The average molecular weight is 296 g/mol. The molecule has 1 rings (SSSR count). The van der Waals surface area contributed by atoms with Gasteiger partial charge in [0, 0.05) is 11.1 Å². The largest absolute Gasteiger partial charge is 1.00 e. The van der Waals surface area contributed by atoms with Gasteiger partial charge < -0.3 is 24.5 Å². The molecular weight excluding hydrogens is 286 g/mol. The molecule has 0 heterocycles. The Labute approximate surface area is 160 Å². The van der Waals surface area contributed by atoms with Crippen LogP contribution in [0.4, 0.5) is 0 Å². The molecule has 20 heavy (non-hydrogen) atoms. The zero-order chi connectivity index (χ0) is 13.9. The van der Waals surface area contributed by atoms with Crippen LogP contribution in [0.25, 0.3) is 0 Å². The monoisotopic (exact) mass is 296 g/mol. The fraction of sp³-hybridized carbons (Fsp3) is 0.250. The standard InChI is InChI=1S/C12H12O6.2Na/c1-6(2)18-12(17)8-5-3-4-7(10(13)14)9(8)11(15)16;;/h3-6H,1-2H3,(H,13,14)(H,15,16);;/q;2*+1/p-2. The molecule has 0 aromatic heterocycles. The van der Waals surface area contributed by atoms with Crippen molar-refractivity contribution in [2.45, 2.75) is 20.0 Å². The molecule has 0 saturated heterocycles. The second kappa shape index (κ2) is 9.55. The Kier molecular flexibility index (Phi) is 10.5. The van der Waals surface area contributed by atoms with Gasteiger partial charge in [-0.3, -0.25) is 0 Å². The van der Waals surface area contributed by atoms with Crippen LogP contribution in [0.5, 0.6) is 0 Å². The number of rotatable bonds is 4. The van der Waals surface area contributed by atoms with Crippen molar-refractivity contribution in [1.82, 2.24) is 0 Å². The summed E-state index contributed by atoms with van der Waals surface area (Å²) in [4.78, 5) is 33.3. The number of carbonyl (C=O) groups excluding carboxylic acids is 3. The molecular formula is C12H10Na2O6. The second-order valence-electron chi connectivity index (χ2n) is 3.76. The van der Waals surface area contributed by atoms with E-state index >= 15 is 0 Å². The number of hydrogen-bond donors (Lipinski definition) is 0. The summed E-state index contributed by atoms with van der Waals surface area (Å²) in [5, 5.41) is 21.7. The second-order valence-corrected chi connectivity index (χ2v) is 3.76. The van der Waals surface area contributed by atoms with Gasteiger partial charge in [0.15, 0.2) is 0 Å². The van der Waals surface area contributed by atoms with Crippen LogP contribution in [0.2, 0.25) is 0 Å². The van der Waals surface area contributed by atoms with E-state index in [1.165, 1.54) is 6.07 Å². The predicted molar refractivity (Wildman–Crippen MR) is 55.7 cm³/mol. The van der Waals surface area contributed by atoms with Crippen molar-refractivity contribution >= 4 is 17.9 Å². The molecule has 0 fully saturated rings. The smallest absolute Gasteiger partial charge is 0.545 e. The van der Waals surface area contributed by atoms with Gasteiger partial charge in [-0.2, -0.15) is 0 Å². The number of carboxylic acid groups (broad SMARTS) is 2. The number of carboxylic acids is 2. The van der Waals surface area contributed by atoms with E-state index in [0.717, 1.165) is 12.1 Å². The van der Waals surface area contributed by atoms with Crippen molar-refractivity contribution in [3.8, 4) is 0 Å². The molecule has 0 spiro atoms. The van der Waals surface area contributed by atoms with E-state index in [-0.39, 0.29) is 64.7 Å². The fourth-order valence-electron chi connectivity index (χ4n) is 1.39. The van der Waals surface area contributed by atoms with E-state index in [1.54, 1.807) is 13.8 Å². The van der Waals surface area contributed by atoms with Crippen LogP contribution in [0, 0.1) is 0 Å². The first-order valence-electron chi connectivity index (χ1n) is 5.11. The van der Waals surface area contributed by atoms with Crippen molar-refractivity contribution in [1.29, 1.82) is 0 Å². The Morgan fingerprint density at radius 1 is 1.00 bits per heavy atom. The molecule has 96 valence electrons. The van der Waals surface area contributed by atoms with Crippen LogP contribution >= 0.6 is 0 Å². The van der Waals surface area contributed by atoms with Crippen molar-refractivity contribution in [2.24, 2.45) is 0 Å². The van der Waals surface area contributed by atoms with Crippen LogP contribution in [-0.2, 0) is 4.74 Å². The third-order valence-corrected chi connectivity index (χ3v) is 2.05. The van der Waals surface area contributed by atoms with E-state index in [9.17, 15) is 24.6 Å². The Balaban J connectivity index is 0. The maximum absolute atomic E-state index is 11.6. The maximum atomic E-state index is 11.6. The third-order valence-electron chi connectivity index (χ3n) is 2.05. The Hall–Kier alpha value is -0.370. The minimum atomic E-state index is -1.77. The van der Waals surface area contributed by atoms with Crippen LogP contribution < -0.4 is 69.3 Å². The quantitative estimate of drug-likeness (QED) is 0.404. The van der Waals surface area contributed by atoms with E-state index < -0.39 is 35.1 Å². The molecule has 0 aliphatic heterocycles. The summed E-state index contributed by atoms with van der Waals surface area (Å²) in [6.07, 6.45) is -0.460. The number of esters is 1. The number of hydrogen-bond acceptors (Lipinski definition) is 6. The molecule has 1 aromatic rings. The van der Waals surface area contributed by atoms with Gasteiger partial charge in [0.25, 0.3) is 0 Å². The van der Waals surface area contributed by atoms with E-state index in [0.29, 0.717) is 0 Å². The topological polar surface area (TPSA) is 107 Å². The van der Waals surface area contributed by atoms with Crippen molar-refractivity contribution < 1.29 is 88.4 Å². The van der Waals surface area contributed by atoms with Crippen molar-refractivity contribution in [2.75, 3.05) is 0 Å². The summed E-state index contributed by atoms with van der Waals surface area (Å²) in [5.74, 6) is -4.40. The first-order valence-corrected chi connectivity index (χ1v) is 5.11. The van der Waals surface area contributed by atoms with E-state index in [1.807, 2.05) is 0 Å². The van der Waals surface area contributed by atoms with Gasteiger partial charge in [0.1, 0.15) is 0 Å². The van der Waals surface area contributed by atoms with Gasteiger partial charge in [-0.05, 0) is 19.9 Å². The first kappa shape index (κ1) is 21.9. The SMILES string of the molecule is CC(C)OC(=O)c1cccc(C(=O)[O-])c1C(=O)[O-].[Na+].[Na+]. The molecule has 8 heteroatoms. The summed E-state index contributed by atoms with van der Waals surface area (Å²) >= 11 is 0. The molecule has 6 nitrogen and oxygen atoms in total. The molecule has 0 radical (unpaired) electrons. The molecule has 0 unspecified atom stereocenters. The van der Waals surface area contributed by atoms with Gasteiger partial charge in [-0.15, -0.1) is 0 Å². The average Bonchev–Trinajstić information content (AvgIpc) is 2.26. The molecule has 1 aromatic carbocycles. The van der Waals surface area contributed by atoms with Crippen LogP contribution in [0.1, 0.15) is 44.9 Å². The van der Waals surface area contributed by atoms with Crippen LogP contribution in [0.3, 0.4) is 0 Å². The summed E-state index contributed by atoms with van der Waals surface area (Å²) in [6, 6.07) is 3.41. The molecule has 0 bridgehead atoms. The van der Waals surface area contributed by atoms with Gasteiger partial charge in [-0.25, -0.2) is 4.79 Å². The number of carbonyl (C=O) groups is 3. The number of aromatic carboxylic acids is 2. The molecule has 0 atom stereocenters. The molecule has 0 saturated carbocycles. The van der Waals surface area contributed by atoms with Gasteiger partial charge in [-0.1, -0.05) is 12.1 Å². The fourth-order valence-corrected chi connectivity index (χ4v) is 1.39. The summed E-state index contributed by atoms with van der Waals surface area (Å²) in [5.41, 5.74) is -1.72. The Bertz CT molecular complexity index is 513. The minimum absolute atomic E-state index is 0. The van der Waals surface area contributed by atoms with Crippen LogP contribution in [-0.4, -0.2) is 24.0 Å². The van der Waals surface area contributed by atoms with Crippen LogP contribution in [0.15, 0.2) is 18.2 Å². The van der Waals surface area contributed by atoms with E-state index in [2.05, 4.69) is 0 Å². The Morgan fingerprint density at radius 3 is 1.90 bits per heavy atom. The third kappa shape index (κ3) is 5.55. The maximum Gasteiger partial charge on any atom is 1.00 e. The van der Waals surface area contributed by atoms with Gasteiger partial charge >= 0.3 is 65.1 Å². The molecule has 0 aliphatic carbocycles. The van der Waals surface area contributed by atoms with Gasteiger partial charge in [0.2, 0.25) is 0 Å². The van der Waals surface area contributed by atoms with E-state index in [4.69, 9.17) is 4.74 Å². The Morgan fingerprint density at radius 2 is 1.50 bits per heavy atom. The number of benzene rings is 1. The zero-order valence-corrected chi connectivity index (χ0v) is 15.8. The summed E-state index contributed by atoms with van der Waals surface area (Å²) in [7, 11) is 0. The van der Waals surface area contributed by atoms with Crippen molar-refractivity contribution in [3.05, 3.63) is 34.9 Å².